The highest BCUT2D eigenvalue weighted by Gasteiger charge is 2.03. The Labute approximate surface area is 144 Å². The summed E-state index contributed by atoms with van der Waals surface area (Å²) in [5.41, 5.74) is 3.35. The summed E-state index contributed by atoms with van der Waals surface area (Å²) in [6, 6.07) is 14.3. The first kappa shape index (κ1) is 16.0. The highest BCUT2D eigenvalue weighted by Crippen LogP contribution is 2.25. The second-order valence-electron chi connectivity index (χ2n) is 5.33. The zero-order valence-electron chi connectivity index (χ0n) is 13.1. The summed E-state index contributed by atoms with van der Waals surface area (Å²) in [7, 11) is 0. The number of fused-ring (bicyclic) bond motifs is 1. The van der Waals surface area contributed by atoms with Crippen molar-refractivity contribution in [3.63, 3.8) is 0 Å². The summed E-state index contributed by atoms with van der Waals surface area (Å²) in [6.07, 6.45) is 0.882. The molecule has 5 heteroatoms. The first-order chi connectivity index (χ1) is 11.3. The second-order valence-corrected chi connectivity index (χ2v) is 6.18. The van der Waals surface area contributed by atoms with Crippen LogP contribution in [0.5, 0.6) is 5.75 Å². The minimum Gasteiger partial charge on any atom is -0.493 e. The number of benzene rings is 2. The molecule has 0 amide bonds. The summed E-state index contributed by atoms with van der Waals surface area (Å²) >= 11 is 3.55. The Balaban J connectivity index is 1.50. The van der Waals surface area contributed by atoms with Crippen LogP contribution in [-0.4, -0.2) is 23.1 Å². The molecule has 1 aromatic heterocycles. The predicted molar refractivity (Wildman–Crippen MR) is 96.8 cm³/mol. The second kappa shape index (κ2) is 7.62. The van der Waals surface area contributed by atoms with Crippen LogP contribution in [0.4, 0.5) is 0 Å². The molecule has 4 nitrogen and oxygen atoms in total. The van der Waals surface area contributed by atoms with Gasteiger partial charge in [-0.25, -0.2) is 4.98 Å². The van der Waals surface area contributed by atoms with Gasteiger partial charge in [0.1, 0.15) is 11.6 Å². The summed E-state index contributed by atoms with van der Waals surface area (Å²) in [5.74, 6) is 1.91. The monoisotopic (exact) mass is 373 g/mol. The van der Waals surface area contributed by atoms with Crippen molar-refractivity contribution in [1.82, 2.24) is 15.3 Å². The van der Waals surface area contributed by atoms with E-state index in [-0.39, 0.29) is 0 Å². The fourth-order valence-corrected chi connectivity index (χ4v) is 3.03. The number of nitrogens with zero attached hydrogens (tertiary/aromatic N) is 1. The summed E-state index contributed by atoms with van der Waals surface area (Å²) in [4.78, 5) is 7.93. The molecular weight excluding hydrogens is 354 g/mol. The molecular formula is C18H20BrN3O. The summed E-state index contributed by atoms with van der Waals surface area (Å²) in [5, 5.41) is 3.45. The van der Waals surface area contributed by atoms with Crippen LogP contribution < -0.4 is 10.1 Å². The fraction of sp³-hybridized carbons (Fsp3) is 0.278. The van der Waals surface area contributed by atoms with E-state index in [2.05, 4.69) is 49.4 Å². The van der Waals surface area contributed by atoms with Gasteiger partial charge >= 0.3 is 0 Å². The molecule has 0 radical (unpaired) electrons. The Bertz CT molecular complexity index is 752. The first-order valence-corrected chi connectivity index (χ1v) is 8.61. The Hall–Kier alpha value is -1.85. The number of H-pyrrole nitrogens is 1. The smallest absolute Gasteiger partial charge is 0.133 e. The van der Waals surface area contributed by atoms with Crippen molar-refractivity contribution in [2.45, 2.75) is 19.9 Å². The van der Waals surface area contributed by atoms with Gasteiger partial charge in [-0.3, -0.25) is 0 Å². The van der Waals surface area contributed by atoms with E-state index in [9.17, 15) is 0 Å². The molecule has 3 aromatic rings. The van der Waals surface area contributed by atoms with E-state index in [1.807, 2.05) is 31.2 Å². The van der Waals surface area contributed by atoms with E-state index in [1.165, 1.54) is 5.56 Å². The van der Waals surface area contributed by atoms with E-state index in [0.717, 1.165) is 46.6 Å². The number of nitrogens with one attached hydrogen (secondary N) is 2. The number of imidazole rings is 1. The van der Waals surface area contributed by atoms with Crippen molar-refractivity contribution in [3.05, 3.63) is 58.3 Å². The number of aromatic nitrogens is 2. The van der Waals surface area contributed by atoms with Crippen LogP contribution >= 0.6 is 15.9 Å². The minimum atomic E-state index is 0.674. The third-order valence-electron chi connectivity index (χ3n) is 3.60. The average Bonchev–Trinajstić information content (AvgIpc) is 2.97. The molecule has 0 bridgehead atoms. The Morgan fingerprint density at radius 2 is 2.09 bits per heavy atom. The van der Waals surface area contributed by atoms with Crippen LogP contribution in [0.1, 0.15) is 18.3 Å². The number of hydrogen-bond acceptors (Lipinski definition) is 3. The molecule has 0 spiro atoms. The molecule has 0 saturated heterocycles. The largest absolute Gasteiger partial charge is 0.493 e. The van der Waals surface area contributed by atoms with E-state index in [4.69, 9.17) is 4.74 Å². The SMILES string of the molecule is CCOc1ccc(CNCCc2nc3ccccc3[nH]2)cc1Br. The molecule has 120 valence electrons. The van der Waals surface area contributed by atoms with Crippen molar-refractivity contribution in [1.29, 1.82) is 0 Å². The van der Waals surface area contributed by atoms with Crippen molar-refractivity contribution < 1.29 is 4.74 Å². The molecule has 0 saturated carbocycles. The summed E-state index contributed by atoms with van der Waals surface area (Å²) < 4.78 is 6.52. The minimum absolute atomic E-state index is 0.674. The molecule has 0 aliphatic heterocycles. The standard InChI is InChI=1S/C18H20BrN3O/c1-2-23-17-8-7-13(11-14(17)19)12-20-10-9-18-21-15-5-3-4-6-16(15)22-18/h3-8,11,20H,2,9-10,12H2,1H3,(H,21,22). The van der Waals surface area contributed by atoms with Crippen LogP contribution in [0, 0.1) is 0 Å². The van der Waals surface area contributed by atoms with Crippen molar-refractivity contribution >= 4 is 27.0 Å². The van der Waals surface area contributed by atoms with Crippen molar-refractivity contribution in [2.75, 3.05) is 13.2 Å². The number of rotatable bonds is 7. The van der Waals surface area contributed by atoms with Crippen LogP contribution in [0.25, 0.3) is 11.0 Å². The molecule has 3 rings (SSSR count). The van der Waals surface area contributed by atoms with Gasteiger partial charge in [0.25, 0.3) is 0 Å². The van der Waals surface area contributed by atoms with Crippen molar-refractivity contribution in [3.8, 4) is 5.75 Å². The lowest BCUT2D eigenvalue weighted by Crippen LogP contribution is -2.17. The van der Waals surface area contributed by atoms with Gasteiger partial charge < -0.3 is 15.0 Å². The molecule has 0 aliphatic carbocycles. The van der Waals surface area contributed by atoms with Gasteiger partial charge in [0.15, 0.2) is 0 Å². The van der Waals surface area contributed by atoms with E-state index >= 15 is 0 Å². The number of ether oxygens (including phenoxy) is 1. The highest BCUT2D eigenvalue weighted by atomic mass is 79.9. The molecule has 0 unspecified atom stereocenters. The number of hydrogen-bond donors (Lipinski definition) is 2. The quantitative estimate of drug-likeness (QED) is 0.614. The average molecular weight is 374 g/mol. The van der Waals surface area contributed by atoms with Gasteiger partial charge in [-0.15, -0.1) is 0 Å². The Morgan fingerprint density at radius 1 is 1.22 bits per heavy atom. The van der Waals surface area contributed by atoms with Crippen LogP contribution in [0.3, 0.4) is 0 Å². The third kappa shape index (κ3) is 4.12. The number of aromatic amines is 1. The zero-order valence-corrected chi connectivity index (χ0v) is 14.7. The van der Waals surface area contributed by atoms with Crippen molar-refractivity contribution in [2.24, 2.45) is 0 Å². The zero-order chi connectivity index (χ0) is 16.1. The predicted octanol–water partition coefficient (Wildman–Crippen LogP) is 4.06. The highest BCUT2D eigenvalue weighted by molar-refractivity contribution is 9.10. The van der Waals surface area contributed by atoms with E-state index in [1.54, 1.807) is 0 Å². The molecule has 1 heterocycles. The first-order valence-electron chi connectivity index (χ1n) is 7.82. The normalized spacial score (nSPS) is 11.0. The van der Waals surface area contributed by atoms with E-state index in [0.29, 0.717) is 6.61 Å². The summed E-state index contributed by atoms with van der Waals surface area (Å²) in [6.45, 7) is 4.36. The lowest BCUT2D eigenvalue weighted by atomic mass is 10.2. The Kier molecular flexibility index (Phi) is 5.31. The van der Waals surface area contributed by atoms with Gasteiger partial charge in [0, 0.05) is 19.5 Å². The molecule has 2 N–H and O–H groups in total. The maximum absolute atomic E-state index is 5.52. The molecule has 0 atom stereocenters. The Morgan fingerprint density at radius 3 is 2.87 bits per heavy atom. The molecule has 2 aromatic carbocycles. The van der Waals surface area contributed by atoms with Gasteiger partial charge in [0.05, 0.1) is 22.1 Å². The molecule has 0 fully saturated rings. The van der Waals surface area contributed by atoms with Gasteiger partial charge in [0.2, 0.25) is 0 Å². The van der Waals surface area contributed by atoms with E-state index < -0.39 is 0 Å². The van der Waals surface area contributed by atoms with Gasteiger partial charge in [-0.2, -0.15) is 0 Å². The lowest BCUT2D eigenvalue weighted by molar-refractivity contribution is 0.338. The maximum atomic E-state index is 5.52. The van der Waals surface area contributed by atoms with Crippen LogP contribution in [-0.2, 0) is 13.0 Å². The third-order valence-corrected chi connectivity index (χ3v) is 4.22. The molecule has 0 aliphatic rings. The number of halogens is 1. The number of para-hydroxylation sites is 2. The van der Waals surface area contributed by atoms with Crippen LogP contribution in [0.15, 0.2) is 46.9 Å². The lowest BCUT2D eigenvalue weighted by Gasteiger charge is -2.08. The fourth-order valence-electron chi connectivity index (χ4n) is 2.49. The molecule has 23 heavy (non-hydrogen) atoms. The van der Waals surface area contributed by atoms with Gasteiger partial charge in [-0.05, 0) is 52.7 Å². The van der Waals surface area contributed by atoms with Gasteiger partial charge in [-0.1, -0.05) is 18.2 Å². The van der Waals surface area contributed by atoms with Crippen LogP contribution in [0.2, 0.25) is 0 Å². The topological polar surface area (TPSA) is 49.9 Å². The maximum Gasteiger partial charge on any atom is 0.133 e.